The molecule has 1 atom stereocenters. The summed E-state index contributed by atoms with van der Waals surface area (Å²) in [4.78, 5) is 25.9. The summed E-state index contributed by atoms with van der Waals surface area (Å²) in [6.45, 7) is 3.84. The number of fused-ring (bicyclic) bond motifs is 1. The highest BCUT2D eigenvalue weighted by molar-refractivity contribution is 6.47. The van der Waals surface area contributed by atoms with E-state index in [9.17, 15) is 19.7 Å². The molecular formula is C19H29BN4O5. The van der Waals surface area contributed by atoms with Crippen LogP contribution in [0.2, 0.25) is 0 Å². The predicted octanol–water partition coefficient (Wildman–Crippen LogP) is -0.902. The minimum atomic E-state index is -1.28. The first-order chi connectivity index (χ1) is 14.0. The van der Waals surface area contributed by atoms with Gasteiger partial charge in [0.25, 0.3) is 0 Å². The van der Waals surface area contributed by atoms with Gasteiger partial charge in [-0.2, -0.15) is 0 Å². The van der Waals surface area contributed by atoms with Gasteiger partial charge in [0.1, 0.15) is 5.75 Å². The van der Waals surface area contributed by atoms with Crippen LogP contribution in [0.5, 0.6) is 5.75 Å². The van der Waals surface area contributed by atoms with Crippen LogP contribution >= 0.6 is 0 Å². The molecule has 1 aromatic carbocycles. The highest BCUT2D eigenvalue weighted by Gasteiger charge is 2.38. The Kier molecular flexibility index (Phi) is 7.48. The smallest absolute Gasteiger partial charge is 0.534 e. The van der Waals surface area contributed by atoms with Crippen molar-refractivity contribution >= 4 is 19.0 Å². The molecule has 0 aliphatic carbocycles. The lowest BCUT2D eigenvalue weighted by atomic mass is 9.72. The van der Waals surface area contributed by atoms with Gasteiger partial charge in [-0.3, -0.25) is 9.69 Å². The molecule has 1 aromatic rings. The molecule has 3 rings (SSSR count). The maximum absolute atomic E-state index is 12.5. The number of carboxylic acid groups (broad SMARTS) is 1. The molecule has 158 valence electrons. The summed E-state index contributed by atoms with van der Waals surface area (Å²) in [6.07, 6.45) is 2.32. The molecule has 0 bridgehead atoms. The third-order valence-corrected chi connectivity index (χ3v) is 5.46. The number of aromatic carboxylic acids is 1. The second-order valence-electron chi connectivity index (χ2n) is 7.59. The molecule has 2 aliphatic rings. The number of nitrogens with zero attached hydrogens (tertiary/aromatic N) is 1. The van der Waals surface area contributed by atoms with Crippen LogP contribution < -0.4 is 20.6 Å². The summed E-state index contributed by atoms with van der Waals surface area (Å²) in [5.74, 6) is -1.72. The average molecular weight is 404 g/mol. The Morgan fingerprint density at radius 1 is 1.28 bits per heavy atom. The van der Waals surface area contributed by atoms with Crippen molar-refractivity contribution < 1.29 is 24.4 Å². The molecule has 10 heteroatoms. The van der Waals surface area contributed by atoms with Crippen LogP contribution in [-0.4, -0.2) is 85.8 Å². The number of piperidine rings is 1. The van der Waals surface area contributed by atoms with Gasteiger partial charge in [0.15, 0.2) is 0 Å². The maximum atomic E-state index is 12.5. The van der Waals surface area contributed by atoms with Gasteiger partial charge >= 0.3 is 13.1 Å². The Morgan fingerprint density at radius 3 is 2.72 bits per heavy atom. The van der Waals surface area contributed by atoms with E-state index in [1.807, 2.05) is 7.05 Å². The highest BCUT2D eigenvalue weighted by atomic mass is 16.5. The van der Waals surface area contributed by atoms with Crippen LogP contribution in [0, 0.1) is 0 Å². The first kappa shape index (κ1) is 21.6. The Balaban J connectivity index is 1.48. The average Bonchev–Trinajstić information content (AvgIpc) is 2.69. The second-order valence-corrected chi connectivity index (χ2v) is 7.59. The Morgan fingerprint density at radius 2 is 2.03 bits per heavy atom. The Labute approximate surface area is 170 Å². The van der Waals surface area contributed by atoms with Gasteiger partial charge in [-0.1, -0.05) is 12.1 Å². The number of carbonyl (C=O) groups is 2. The van der Waals surface area contributed by atoms with Crippen molar-refractivity contribution in [3.05, 3.63) is 29.3 Å². The number of carboxylic acids is 1. The minimum absolute atomic E-state index is 0.0116. The van der Waals surface area contributed by atoms with E-state index >= 15 is 0 Å². The fraction of sp³-hybridized carbons (Fsp3) is 0.579. The number of rotatable bonds is 8. The highest BCUT2D eigenvalue weighted by Crippen LogP contribution is 2.30. The summed E-state index contributed by atoms with van der Waals surface area (Å²) in [5, 5.41) is 29.0. The van der Waals surface area contributed by atoms with Gasteiger partial charge in [-0.15, -0.1) is 0 Å². The summed E-state index contributed by atoms with van der Waals surface area (Å²) < 4.78 is 5.42. The molecule has 1 amide bonds. The van der Waals surface area contributed by atoms with Crippen molar-refractivity contribution in [1.82, 2.24) is 20.9 Å². The van der Waals surface area contributed by atoms with Crippen LogP contribution in [0.25, 0.3) is 0 Å². The lowest BCUT2D eigenvalue weighted by Gasteiger charge is -2.33. The van der Waals surface area contributed by atoms with Crippen LogP contribution in [0.3, 0.4) is 0 Å². The molecule has 29 heavy (non-hydrogen) atoms. The van der Waals surface area contributed by atoms with Crippen molar-refractivity contribution in [2.24, 2.45) is 0 Å². The van der Waals surface area contributed by atoms with Crippen LogP contribution in [0.4, 0.5) is 0 Å². The van der Waals surface area contributed by atoms with E-state index in [1.54, 1.807) is 12.1 Å². The molecule has 0 spiro atoms. The van der Waals surface area contributed by atoms with E-state index in [0.717, 1.165) is 39.0 Å². The molecule has 0 radical (unpaired) electrons. The van der Waals surface area contributed by atoms with Gasteiger partial charge in [0.2, 0.25) is 5.91 Å². The normalized spacial score (nSPS) is 20.1. The van der Waals surface area contributed by atoms with Gasteiger partial charge in [0, 0.05) is 32.2 Å². The molecule has 1 saturated heterocycles. The third kappa shape index (κ3) is 5.69. The number of nitrogens with one attached hydrogen (secondary N) is 3. The Hall–Kier alpha value is -2.14. The van der Waals surface area contributed by atoms with Crippen molar-refractivity contribution in [2.75, 3.05) is 39.8 Å². The maximum Gasteiger partial charge on any atom is 0.547 e. The van der Waals surface area contributed by atoms with Crippen molar-refractivity contribution in [3.63, 3.8) is 0 Å². The van der Waals surface area contributed by atoms with E-state index < -0.39 is 19.0 Å². The summed E-state index contributed by atoms with van der Waals surface area (Å²) in [7, 11) is 0.648. The van der Waals surface area contributed by atoms with Gasteiger partial charge in [-0.25, -0.2) is 4.79 Å². The van der Waals surface area contributed by atoms with Crippen LogP contribution in [0.15, 0.2) is 18.2 Å². The predicted molar refractivity (Wildman–Crippen MR) is 109 cm³/mol. The first-order valence-electron chi connectivity index (χ1n) is 10.1. The van der Waals surface area contributed by atoms with Gasteiger partial charge in [-0.05, 0) is 37.9 Å². The number of benzene rings is 1. The lowest BCUT2D eigenvalue weighted by molar-refractivity contribution is -0.123. The Bertz CT molecular complexity index is 727. The van der Waals surface area contributed by atoms with E-state index in [-0.39, 0.29) is 23.8 Å². The minimum Gasteiger partial charge on any atom is -0.534 e. The number of carbonyl (C=O) groups excluding carboxylic acids is 1. The molecule has 5 N–H and O–H groups in total. The van der Waals surface area contributed by atoms with Crippen molar-refractivity contribution in [3.8, 4) is 5.75 Å². The number of likely N-dealkylation sites (tertiary alicyclic amines) is 1. The quantitative estimate of drug-likeness (QED) is 0.279. The van der Waals surface area contributed by atoms with E-state index in [0.29, 0.717) is 18.0 Å². The van der Waals surface area contributed by atoms with Gasteiger partial charge in [0.05, 0.1) is 18.0 Å². The summed E-state index contributed by atoms with van der Waals surface area (Å²) >= 11 is 0. The van der Waals surface area contributed by atoms with Gasteiger partial charge < -0.3 is 30.7 Å². The standard InChI is InChI=1S/C19H29BN4O5/c1-21-7-8-22-14-5-9-24(10-6-14)12-17(25)23-16-11-13-3-2-4-15(19(26)27)18(13)29-20(16)28/h2-4,14,16,21-22,28H,5-12H2,1H3,(H,23,25)(H,26,27). The van der Waals surface area contributed by atoms with Crippen LogP contribution in [0.1, 0.15) is 28.8 Å². The zero-order valence-electron chi connectivity index (χ0n) is 16.7. The molecule has 0 aromatic heterocycles. The van der Waals surface area contributed by atoms with E-state index in [1.165, 1.54) is 6.07 Å². The molecule has 1 unspecified atom stereocenters. The molecular weight excluding hydrogens is 375 g/mol. The van der Waals surface area contributed by atoms with Crippen molar-refractivity contribution in [2.45, 2.75) is 31.2 Å². The van der Waals surface area contributed by atoms with E-state index in [4.69, 9.17) is 4.65 Å². The molecule has 1 fully saturated rings. The SMILES string of the molecule is CNCCNC1CCN(CC(=O)NC2Cc3cccc(C(=O)O)c3OB2O)CC1. The zero-order valence-corrected chi connectivity index (χ0v) is 16.7. The molecule has 2 heterocycles. The number of likely N-dealkylation sites (N-methyl/N-ethyl adjacent to an activating group) is 1. The van der Waals surface area contributed by atoms with Crippen LogP contribution in [-0.2, 0) is 11.2 Å². The third-order valence-electron chi connectivity index (χ3n) is 5.46. The number of hydrogen-bond donors (Lipinski definition) is 5. The summed E-state index contributed by atoms with van der Waals surface area (Å²) in [5.41, 5.74) is 0.673. The largest absolute Gasteiger partial charge is 0.547 e. The molecule has 2 aliphatic heterocycles. The number of para-hydroxylation sites is 1. The number of hydrogen-bond acceptors (Lipinski definition) is 7. The summed E-state index contributed by atoms with van der Waals surface area (Å²) in [6, 6.07) is 5.30. The second kappa shape index (κ2) is 10.1. The van der Waals surface area contributed by atoms with Crippen molar-refractivity contribution in [1.29, 1.82) is 0 Å². The fourth-order valence-corrected chi connectivity index (χ4v) is 3.87. The molecule has 9 nitrogen and oxygen atoms in total. The fourth-order valence-electron chi connectivity index (χ4n) is 3.87. The topological polar surface area (TPSA) is 123 Å². The first-order valence-corrected chi connectivity index (χ1v) is 10.1. The zero-order chi connectivity index (χ0) is 20.8. The lowest BCUT2D eigenvalue weighted by Crippen LogP contribution is -2.55. The van der Waals surface area contributed by atoms with E-state index in [2.05, 4.69) is 20.9 Å². The molecule has 0 saturated carbocycles. The number of amides is 1. The monoisotopic (exact) mass is 404 g/mol.